The van der Waals surface area contributed by atoms with E-state index < -0.39 is 24.0 Å². The number of benzene rings is 1. The molecule has 0 saturated heterocycles. The lowest BCUT2D eigenvalue weighted by molar-refractivity contribution is -0.139. The van der Waals surface area contributed by atoms with Crippen molar-refractivity contribution in [2.45, 2.75) is 51.6 Å². The van der Waals surface area contributed by atoms with E-state index in [2.05, 4.69) is 25.6 Å². The highest BCUT2D eigenvalue weighted by Crippen LogP contribution is 2.25. The van der Waals surface area contributed by atoms with Gasteiger partial charge in [0.05, 0.1) is 6.42 Å². The van der Waals surface area contributed by atoms with Crippen LogP contribution in [0.3, 0.4) is 0 Å². The highest BCUT2D eigenvalue weighted by atomic mass is 16.4. The van der Waals surface area contributed by atoms with Crippen LogP contribution in [0.25, 0.3) is 10.9 Å². The van der Waals surface area contributed by atoms with E-state index >= 15 is 0 Å². The Morgan fingerprint density at radius 2 is 1.97 bits per heavy atom. The summed E-state index contributed by atoms with van der Waals surface area (Å²) in [6.07, 6.45) is 4.33. The summed E-state index contributed by atoms with van der Waals surface area (Å²) in [6.45, 7) is 4.16. The van der Waals surface area contributed by atoms with Gasteiger partial charge in [0.15, 0.2) is 11.7 Å². The van der Waals surface area contributed by atoms with Crippen molar-refractivity contribution in [3.63, 3.8) is 0 Å². The lowest BCUT2D eigenvalue weighted by Gasteiger charge is -2.21. The van der Waals surface area contributed by atoms with Crippen molar-refractivity contribution in [3.8, 4) is 0 Å². The molecule has 2 amide bonds. The average molecular weight is 512 g/mol. The van der Waals surface area contributed by atoms with Crippen molar-refractivity contribution in [2.75, 3.05) is 6.54 Å². The molecule has 1 aromatic carbocycles. The number of amides is 2. The van der Waals surface area contributed by atoms with Crippen molar-refractivity contribution < 1.29 is 23.9 Å². The maximum Gasteiger partial charge on any atom is 0.326 e. The fourth-order valence-corrected chi connectivity index (χ4v) is 3.89. The van der Waals surface area contributed by atoms with Crippen LogP contribution < -0.4 is 22.1 Å². The molecule has 0 spiro atoms. The molecule has 0 fully saturated rings. The van der Waals surface area contributed by atoms with E-state index in [-0.39, 0.29) is 48.8 Å². The molecule has 3 rings (SSSR count). The van der Waals surface area contributed by atoms with Gasteiger partial charge in [0.2, 0.25) is 11.8 Å². The molecule has 0 aliphatic rings. The van der Waals surface area contributed by atoms with Gasteiger partial charge >= 0.3 is 5.97 Å². The topological polar surface area (TPSA) is 202 Å². The average Bonchev–Trinajstić information content (AvgIpc) is 3.51. The summed E-state index contributed by atoms with van der Waals surface area (Å²) in [5.74, 6) is -2.06. The van der Waals surface area contributed by atoms with Gasteiger partial charge in [-0.2, -0.15) is 0 Å². The Balaban J connectivity index is 1.67. The number of hydrogen-bond acceptors (Lipinski definition) is 6. The number of nitrogens with two attached hydrogens (primary N) is 2. The molecule has 2 heterocycles. The number of nitrogens with zero attached hydrogens (tertiary/aromatic N) is 2. The minimum atomic E-state index is -1.19. The van der Waals surface area contributed by atoms with Gasteiger partial charge in [-0.05, 0) is 30.4 Å². The highest BCUT2D eigenvalue weighted by Gasteiger charge is 2.28. The van der Waals surface area contributed by atoms with Crippen LogP contribution in [0, 0.1) is 5.92 Å². The van der Waals surface area contributed by atoms with Crippen LogP contribution in [-0.2, 0) is 16.0 Å². The molecule has 12 heteroatoms. The molecule has 8 N–H and O–H groups in total. The zero-order valence-corrected chi connectivity index (χ0v) is 20.9. The molecule has 0 bridgehead atoms. The third kappa shape index (κ3) is 7.32. The van der Waals surface area contributed by atoms with E-state index in [0.29, 0.717) is 6.42 Å². The van der Waals surface area contributed by atoms with Crippen LogP contribution in [0.5, 0.6) is 0 Å². The number of aromatic amines is 1. The number of hydrogen-bond donors (Lipinski definition) is 6. The predicted octanol–water partition coefficient (Wildman–Crippen LogP) is 1.84. The molecule has 198 valence electrons. The smallest absolute Gasteiger partial charge is 0.326 e. The Morgan fingerprint density at radius 1 is 1.22 bits per heavy atom. The number of para-hydroxylation sites is 1. The van der Waals surface area contributed by atoms with Gasteiger partial charge in [-0.15, -0.1) is 0 Å². The second kappa shape index (κ2) is 12.6. The van der Waals surface area contributed by atoms with Crippen molar-refractivity contribution >= 4 is 34.6 Å². The summed E-state index contributed by atoms with van der Waals surface area (Å²) in [4.78, 5) is 48.4. The summed E-state index contributed by atoms with van der Waals surface area (Å²) in [5, 5.41) is 15.8. The summed E-state index contributed by atoms with van der Waals surface area (Å²) >= 11 is 0. The second-order valence-electron chi connectivity index (χ2n) is 8.85. The number of H-pyrrole nitrogens is 1. The lowest BCUT2D eigenvalue weighted by atomic mass is 9.98. The second-order valence-corrected chi connectivity index (χ2v) is 8.85. The van der Waals surface area contributed by atoms with Gasteiger partial charge in [-0.25, -0.2) is 9.78 Å². The normalized spacial score (nSPS) is 13.5. The molecule has 3 atom stereocenters. The minimum absolute atomic E-state index is 0.0382. The summed E-state index contributed by atoms with van der Waals surface area (Å²) in [7, 11) is 0. The van der Waals surface area contributed by atoms with Crippen LogP contribution in [0.2, 0.25) is 0 Å². The standard InChI is InChI=1S/C25H33N7O5/c1-3-14(2)21(32-20(33)11-15-12-29-17-8-5-4-7-16(15)17)23-31-19(13-37-23)22(34)30-18(24(35)36)9-6-10-28-25(26)27/h4-5,7-8,12-14,18,21,29H,3,6,9-11H2,1-2H3,(H,30,34)(H,32,33)(H,35,36)(H4,26,27,28). The number of carbonyl (C=O) groups is 3. The fraction of sp³-hybridized carbons (Fsp3) is 0.400. The molecule has 0 aliphatic carbocycles. The third-order valence-corrected chi connectivity index (χ3v) is 6.12. The Hall–Kier alpha value is -4.35. The number of carboxylic acids is 1. The maximum atomic E-state index is 12.9. The third-order valence-electron chi connectivity index (χ3n) is 6.12. The SMILES string of the molecule is CCC(C)C(NC(=O)Cc1c[nH]c2ccccc12)c1nc(C(=O)NC(CCCN=C(N)N)C(=O)O)co1. The first-order valence-corrected chi connectivity index (χ1v) is 12.1. The highest BCUT2D eigenvalue weighted by molar-refractivity contribution is 5.94. The molecule has 12 nitrogen and oxygen atoms in total. The monoisotopic (exact) mass is 511 g/mol. The Morgan fingerprint density at radius 3 is 2.68 bits per heavy atom. The fourth-order valence-electron chi connectivity index (χ4n) is 3.89. The first-order chi connectivity index (χ1) is 17.7. The molecule has 3 aromatic rings. The number of carboxylic acid groups (broad SMARTS) is 1. The van der Waals surface area contributed by atoms with E-state index in [1.54, 1.807) is 0 Å². The number of oxazole rings is 1. The molecule has 37 heavy (non-hydrogen) atoms. The number of carbonyl (C=O) groups excluding carboxylic acids is 2. The zero-order valence-electron chi connectivity index (χ0n) is 20.9. The van der Waals surface area contributed by atoms with Crippen LogP contribution in [-0.4, -0.2) is 51.4 Å². The number of rotatable bonds is 13. The van der Waals surface area contributed by atoms with E-state index in [0.717, 1.165) is 29.2 Å². The molecule has 2 aromatic heterocycles. The first kappa shape index (κ1) is 27.2. The zero-order chi connectivity index (χ0) is 26.9. The molecule has 0 aliphatic heterocycles. The number of nitrogens with one attached hydrogen (secondary N) is 3. The number of aliphatic imine (C=N–C) groups is 1. The van der Waals surface area contributed by atoms with Gasteiger partial charge < -0.3 is 36.6 Å². The quantitative estimate of drug-likeness (QED) is 0.113. The van der Waals surface area contributed by atoms with Crippen molar-refractivity contribution in [1.29, 1.82) is 0 Å². The predicted molar refractivity (Wildman–Crippen MR) is 138 cm³/mol. The number of guanidine groups is 1. The molecule has 3 unspecified atom stereocenters. The molecular formula is C25H33N7O5. The van der Waals surface area contributed by atoms with Crippen LogP contribution >= 0.6 is 0 Å². The van der Waals surface area contributed by atoms with Crippen molar-refractivity contribution in [1.82, 2.24) is 20.6 Å². The van der Waals surface area contributed by atoms with Gasteiger partial charge in [0.1, 0.15) is 18.3 Å². The van der Waals surface area contributed by atoms with E-state index in [4.69, 9.17) is 15.9 Å². The van der Waals surface area contributed by atoms with E-state index in [1.165, 1.54) is 0 Å². The van der Waals surface area contributed by atoms with Crippen molar-refractivity contribution in [2.24, 2.45) is 22.4 Å². The summed E-state index contributed by atoms with van der Waals surface area (Å²) in [5.41, 5.74) is 12.3. The van der Waals surface area contributed by atoms with Crippen LogP contribution in [0.15, 0.2) is 46.1 Å². The van der Waals surface area contributed by atoms with Gasteiger partial charge in [0, 0.05) is 23.6 Å². The van der Waals surface area contributed by atoms with Gasteiger partial charge in [-0.1, -0.05) is 38.5 Å². The number of fused-ring (bicyclic) bond motifs is 1. The van der Waals surface area contributed by atoms with Crippen LogP contribution in [0.1, 0.15) is 61.1 Å². The lowest BCUT2D eigenvalue weighted by Crippen LogP contribution is -2.41. The minimum Gasteiger partial charge on any atom is -0.480 e. The molecular weight excluding hydrogens is 478 g/mol. The molecule has 0 saturated carbocycles. The molecule has 0 radical (unpaired) electrons. The Kier molecular flexibility index (Phi) is 9.25. The largest absolute Gasteiger partial charge is 0.480 e. The van der Waals surface area contributed by atoms with Crippen molar-refractivity contribution in [3.05, 3.63) is 53.9 Å². The van der Waals surface area contributed by atoms with Gasteiger partial charge in [0.25, 0.3) is 5.91 Å². The summed E-state index contributed by atoms with van der Waals surface area (Å²) < 4.78 is 5.56. The maximum absolute atomic E-state index is 12.9. The number of aliphatic carboxylic acids is 1. The number of aromatic nitrogens is 2. The summed E-state index contributed by atoms with van der Waals surface area (Å²) in [6, 6.07) is 6.00. The first-order valence-electron chi connectivity index (χ1n) is 12.1. The van der Waals surface area contributed by atoms with E-state index in [9.17, 15) is 19.5 Å². The Labute approximate surface area is 213 Å². The van der Waals surface area contributed by atoms with Crippen LogP contribution in [0.4, 0.5) is 0 Å². The van der Waals surface area contributed by atoms with Gasteiger partial charge in [-0.3, -0.25) is 14.6 Å². The van der Waals surface area contributed by atoms with E-state index in [1.807, 2.05) is 44.3 Å². The Bertz CT molecular complexity index is 1260.